The Hall–Kier alpha value is -1.87. The van der Waals surface area contributed by atoms with E-state index in [-0.39, 0.29) is 6.61 Å². The number of amides is 1. The van der Waals surface area contributed by atoms with E-state index in [0.717, 1.165) is 0 Å². The molecule has 1 amide bonds. The van der Waals surface area contributed by atoms with Crippen LogP contribution in [0.4, 0.5) is 0 Å². The third kappa shape index (κ3) is 5.97. The Labute approximate surface area is 143 Å². The highest BCUT2D eigenvalue weighted by atomic mass is 35.5. The maximum atomic E-state index is 11.5. The molecule has 1 heterocycles. The van der Waals surface area contributed by atoms with Gasteiger partial charge in [-0.05, 0) is 0 Å². The summed E-state index contributed by atoms with van der Waals surface area (Å²) in [7, 11) is 0. The number of hydrogen-bond acceptors (Lipinski definition) is 8. The first kappa shape index (κ1) is 20.2. The molecule has 5 atom stereocenters. The molecule has 9 nitrogen and oxygen atoms in total. The molecule has 0 aromatic carbocycles. The van der Waals surface area contributed by atoms with Crippen molar-refractivity contribution < 1.29 is 38.1 Å². The van der Waals surface area contributed by atoms with Gasteiger partial charge in [0.05, 0.1) is 0 Å². The first-order valence-electron chi connectivity index (χ1n) is 7.16. The molecule has 1 fully saturated rings. The third-order valence-electron chi connectivity index (χ3n) is 3.06. The van der Waals surface area contributed by atoms with E-state index in [0.29, 0.717) is 0 Å². The van der Waals surface area contributed by atoms with E-state index >= 15 is 0 Å². The molecule has 1 N–H and O–H groups in total. The summed E-state index contributed by atoms with van der Waals surface area (Å²) in [6.45, 7) is 4.53. The number of halogens is 1. The summed E-state index contributed by atoms with van der Waals surface area (Å²) in [5.74, 6) is -2.32. The van der Waals surface area contributed by atoms with Crippen molar-refractivity contribution in [1.29, 1.82) is 0 Å². The van der Waals surface area contributed by atoms with Gasteiger partial charge in [0.2, 0.25) is 5.91 Å². The Morgan fingerprint density at radius 1 is 0.958 bits per heavy atom. The van der Waals surface area contributed by atoms with E-state index in [1.165, 1.54) is 27.7 Å². The van der Waals surface area contributed by atoms with Gasteiger partial charge in [0.1, 0.15) is 18.8 Å². The van der Waals surface area contributed by atoms with Crippen LogP contribution in [-0.4, -0.2) is 60.3 Å². The van der Waals surface area contributed by atoms with Crippen molar-refractivity contribution in [3.8, 4) is 0 Å². The van der Waals surface area contributed by atoms with Gasteiger partial charge in [0.15, 0.2) is 17.8 Å². The van der Waals surface area contributed by atoms with Gasteiger partial charge < -0.3 is 24.3 Å². The SMILES string of the molecule is CC(=O)N[C@@H]1[C@H](OC(C)=O)[C@@H](Cl)O[C@H](COC(C)=O)[C@H]1OC(C)=O. The van der Waals surface area contributed by atoms with E-state index in [9.17, 15) is 19.2 Å². The number of alkyl halides is 1. The summed E-state index contributed by atoms with van der Waals surface area (Å²) >= 11 is 6.09. The second kappa shape index (κ2) is 8.84. The van der Waals surface area contributed by atoms with Gasteiger partial charge >= 0.3 is 17.9 Å². The smallest absolute Gasteiger partial charge is 0.303 e. The number of ether oxygens (including phenoxy) is 4. The number of esters is 3. The molecule has 10 heteroatoms. The van der Waals surface area contributed by atoms with Crippen LogP contribution < -0.4 is 5.32 Å². The van der Waals surface area contributed by atoms with Crippen LogP contribution >= 0.6 is 11.6 Å². The minimum atomic E-state index is -1.14. The molecular weight excluding hydrogens is 346 g/mol. The third-order valence-corrected chi connectivity index (χ3v) is 3.41. The Balaban J connectivity index is 3.11. The van der Waals surface area contributed by atoms with Gasteiger partial charge in [-0.15, -0.1) is 0 Å². The molecule has 0 bridgehead atoms. The van der Waals surface area contributed by atoms with E-state index < -0.39 is 53.7 Å². The lowest BCUT2D eigenvalue weighted by molar-refractivity contribution is -0.206. The quantitative estimate of drug-likeness (QED) is 0.407. The fourth-order valence-corrected chi connectivity index (χ4v) is 2.64. The Morgan fingerprint density at radius 3 is 1.96 bits per heavy atom. The summed E-state index contributed by atoms with van der Waals surface area (Å²) in [6.07, 6.45) is -3.10. The lowest BCUT2D eigenvalue weighted by Crippen LogP contribution is -2.65. The highest BCUT2D eigenvalue weighted by molar-refractivity contribution is 6.20. The van der Waals surface area contributed by atoms with Crippen LogP contribution in [0.25, 0.3) is 0 Å². The van der Waals surface area contributed by atoms with Crippen LogP contribution in [-0.2, 0) is 38.1 Å². The molecule has 136 valence electrons. The van der Waals surface area contributed by atoms with Crippen LogP contribution in [0.1, 0.15) is 27.7 Å². The molecule has 1 aliphatic heterocycles. The average Bonchev–Trinajstić information content (AvgIpc) is 2.42. The zero-order valence-electron chi connectivity index (χ0n) is 13.7. The molecule has 0 spiro atoms. The second-order valence-electron chi connectivity index (χ2n) is 5.20. The fourth-order valence-electron chi connectivity index (χ4n) is 2.29. The molecule has 1 saturated heterocycles. The first-order chi connectivity index (χ1) is 11.1. The summed E-state index contributed by atoms with van der Waals surface area (Å²) < 4.78 is 20.6. The van der Waals surface area contributed by atoms with Crippen molar-refractivity contribution in [1.82, 2.24) is 5.32 Å². The van der Waals surface area contributed by atoms with Crippen LogP contribution in [0, 0.1) is 0 Å². The number of carbonyl (C=O) groups excluding carboxylic acids is 4. The van der Waals surface area contributed by atoms with Gasteiger partial charge in [-0.2, -0.15) is 0 Å². The first-order valence-corrected chi connectivity index (χ1v) is 7.60. The monoisotopic (exact) mass is 365 g/mol. The van der Waals surface area contributed by atoms with Crippen molar-refractivity contribution in [2.75, 3.05) is 6.61 Å². The largest absolute Gasteiger partial charge is 0.463 e. The molecule has 1 rings (SSSR count). The average molecular weight is 366 g/mol. The summed E-state index contributed by atoms with van der Waals surface area (Å²) in [5.41, 5.74) is -1.14. The van der Waals surface area contributed by atoms with Crippen molar-refractivity contribution in [3.63, 3.8) is 0 Å². The zero-order valence-corrected chi connectivity index (χ0v) is 14.5. The Bertz CT molecular complexity index is 511. The maximum absolute atomic E-state index is 11.5. The summed E-state index contributed by atoms with van der Waals surface area (Å²) in [4.78, 5) is 45.2. The molecule has 0 aromatic heterocycles. The van der Waals surface area contributed by atoms with Crippen LogP contribution in [0.5, 0.6) is 0 Å². The predicted molar refractivity (Wildman–Crippen MR) is 79.9 cm³/mol. The van der Waals surface area contributed by atoms with Crippen molar-refractivity contribution in [2.24, 2.45) is 0 Å². The Kier molecular flexibility index (Phi) is 7.43. The minimum Gasteiger partial charge on any atom is -0.463 e. The molecule has 24 heavy (non-hydrogen) atoms. The van der Waals surface area contributed by atoms with E-state index in [2.05, 4.69) is 5.32 Å². The second-order valence-corrected chi connectivity index (χ2v) is 5.63. The predicted octanol–water partition coefficient (Wildman–Crippen LogP) is -0.119. The number of hydrogen-bond donors (Lipinski definition) is 1. The number of nitrogens with one attached hydrogen (secondary N) is 1. The van der Waals surface area contributed by atoms with Crippen LogP contribution in [0.15, 0.2) is 0 Å². The van der Waals surface area contributed by atoms with Crippen molar-refractivity contribution in [3.05, 3.63) is 0 Å². The van der Waals surface area contributed by atoms with Gasteiger partial charge in [-0.3, -0.25) is 19.2 Å². The fraction of sp³-hybridized carbons (Fsp3) is 0.714. The Morgan fingerprint density at radius 2 is 1.50 bits per heavy atom. The molecule has 0 aromatic rings. The standard InChI is InChI=1S/C14H20ClNO8/c1-6(17)16-11-12(22-8(3)19)10(5-21-7(2)18)24-14(15)13(11)23-9(4)20/h10-14H,5H2,1-4H3,(H,16,17)/t10-,11+,12-,13+,14+/m1/s1. The highest BCUT2D eigenvalue weighted by Gasteiger charge is 2.49. The maximum Gasteiger partial charge on any atom is 0.303 e. The van der Waals surface area contributed by atoms with E-state index in [1.807, 2.05) is 0 Å². The van der Waals surface area contributed by atoms with Gasteiger partial charge in [0.25, 0.3) is 0 Å². The van der Waals surface area contributed by atoms with Gasteiger partial charge in [0, 0.05) is 27.7 Å². The topological polar surface area (TPSA) is 117 Å². The van der Waals surface area contributed by atoms with E-state index in [1.54, 1.807) is 0 Å². The lowest BCUT2D eigenvalue weighted by atomic mass is 9.96. The van der Waals surface area contributed by atoms with Crippen LogP contribution in [0.3, 0.4) is 0 Å². The minimum absolute atomic E-state index is 0.251. The molecule has 1 aliphatic rings. The normalized spacial score (nSPS) is 29.3. The number of rotatable bonds is 5. The molecule has 0 saturated carbocycles. The molecular formula is C14H20ClNO8. The lowest BCUT2D eigenvalue weighted by Gasteiger charge is -2.43. The molecule has 0 aliphatic carbocycles. The van der Waals surface area contributed by atoms with Crippen molar-refractivity contribution in [2.45, 2.75) is 57.6 Å². The molecule has 0 radical (unpaired) electrons. The summed E-state index contributed by atoms with van der Waals surface area (Å²) in [6, 6.07) is -0.966. The van der Waals surface area contributed by atoms with Gasteiger partial charge in [-0.1, -0.05) is 11.6 Å². The highest BCUT2D eigenvalue weighted by Crippen LogP contribution is 2.28. The number of carbonyl (C=O) groups is 4. The van der Waals surface area contributed by atoms with Crippen LogP contribution in [0.2, 0.25) is 0 Å². The van der Waals surface area contributed by atoms with Gasteiger partial charge in [-0.25, -0.2) is 0 Å². The van der Waals surface area contributed by atoms with Crippen molar-refractivity contribution >= 4 is 35.4 Å². The summed E-state index contributed by atoms with van der Waals surface area (Å²) in [5, 5.41) is 2.54. The van der Waals surface area contributed by atoms with E-state index in [4.69, 9.17) is 30.5 Å². The zero-order chi connectivity index (χ0) is 18.4. The molecule has 0 unspecified atom stereocenters.